The fourth-order valence-corrected chi connectivity index (χ4v) is 10.3. The summed E-state index contributed by atoms with van der Waals surface area (Å²) in [6.45, 7) is 17.9. The largest absolute Gasteiger partial charge is 0.393 e. The minimum absolute atomic E-state index is 0.0810. The van der Waals surface area contributed by atoms with Gasteiger partial charge < -0.3 is 5.11 Å². The van der Waals surface area contributed by atoms with Gasteiger partial charge in [0.2, 0.25) is 0 Å². The number of hydrogen-bond acceptors (Lipinski definition) is 1. The normalized spacial score (nSPS) is 53.3. The van der Waals surface area contributed by atoms with Crippen LogP contribution in [-0.4, -0.2) is 11.2 Å². The summed E-state index contributed by atoms with van der Waals surface area (Å²) in [5.74, 6) is 7.17. The molecule has 0 aromatic rings. The Hall–Kier alpha value is -0.300. The highest BCUT2D eigenvalue weighted by Crippen LogP contribution is 2.71. The fraction of sp³-hybridized carbons (Fsp3) is 0.933. The van der Waals surface area contributed by atoms with E-state index in [4.69, 9.17) is 0 Å². The molecule has 3 unspecified atom stereocenters. The van der Waals surface area contributed by atoms with Gasteiger partial charge >= 0.3 is 0 Å². The van der Waals surface area contributed by atoms with Crippen LogP contribution in [0.1, 0.15) is 106 Å². The predicted octanol–water partition coefficient (Wildman–Crippen LogP) is 7.88. The number of aliphatic hydroxyl groups is 1. The molecule has 0 heterocycles. The third-order valence-corrected chi connectivity index (χ3v) is 12.8. The van der Waals surface area contributed by atoms with Crippen LogP contribution in [0.5, 0.6) is 0 Å². The zero-order chi connectivity index (χ0) is 22.3. The minimum Gasteiger partial charge on any atom is -0.393 e. The van der Waals surface area contributed by atoms with Crippen LogP contribution < -0.4 is 0 Å². The van der Waals surface area contributed by atoms with Crippen molar-refractivity contribution in [2.75, 3.05) is 0 Å². The SMILES string of the molecule is CC(C)C(C)C1(C)CC1[C@@H](C)[C@H]1CC[C@H]2[C@@H]3CC=C4C[C@@H](O)CC[C@]4(C)[C@H]3CC[C@]12C. The monoisotopic (exact) mass is 426 g/mol. The van der Waals surface area contributed by atoms with E-state index in [0.717, 1.165) is 60.2 Å². The van der Waals surface area contributed by atoms with Crippen LogP contribution in [0.25, 0.3) is 0 Å². The summed E-state index contributed by atoms with van der Waals surface area (Å²) in [5, 5.41) is 10.3. The number of allylic oxidation sites excluding steroid dienone is 1. The first-order valence-corrected chi connectivity index (χ1v) is 13.9. The molecular formula is C30H50O. The molecule has 0 spiro atoms. The van der Waals surface area contributed by atoms with Gasteiger partial charge in [-0.2, -0.15) is 0 Å². The highest BCUT2D eigenvalue weighted by atomic mass is 16.3. The highest BCUT2D eigenvalue weighted by Gasteiger charge is 2.63. The van der Waals surface area contributed by atoms with Gasteiger partial charge in [-0.25, -0.2) is 0 Å². The number of fused-ring (bicyclic) bond motifs is 5. The fourth-order valence-electron chi connectivity index (χ4n) is 10.3. The molecule has 1 nitrogen and oxygen atoms in total. The molecule has 5 aliphatic rings. The molecule has 176 valence electrons. The van der Waals surface area contributed by atoms with Crippen molar-refractivity contribution < 1.29 is 5.11 Å². The van der Waals surface area contributed by atoms with Crippen molar-refractivity contribution in [1.29, 1.82) is 0 Å². The molecular weight excluding hydrogens is 376 g/mol. The smallest absolute Gasteiger partial charge is 0.0577 e. The lowest BCUT2D eigenvalue weighted by Gasteiger charge is -2.58. The van der Waals surface area contributed by atoms with Gasteiger partial charge in [0.15, 0.2) is 0 Å². The van der Waals surface area contributed by atoms with Gasteiger partial charge in [0.1, 0.15) is 0 Å². The van der Waals surface area contributed by atoms with E-state index < -0.39 is 0 Å². The quantitative estimate of drug-likeness (QED) is 0.453. The molecule has 1 heteroatoms. The molecule has 5 rings (SSSR count). The Bertz CT molecular complexity index is 737. The van der Waals surface area contributed by atoms with E-state index in [9.17, 15) is 5.11 Å². The lowest BCUT2D eigenvalue weighted by molar-refractivity contribution is -0.0592. The Morgan fingerprint density at radius 2 is 1.65 bits per heavy atom. The first-order valence-electron chi connectivity index (χ1n) is 13.9. The van der Waals surface area contributed by atoms with Crippen molar-refractivity contribution in [2.24, 2.45) is 63.6 Å². The topological polar surface area (TPSA) is 20.2 Å². The second kappa shape index (κ2) is 7.35. The summed E-state index contributed by atoms with van der Waals surface area (Å²) in [5.41, 5.74) is 3.17. The molecule has 0 aromatic heterocycles. The lowest BCUT2D eigenvalue weighted by atomic mass is 9.47. The van der Waals surface area contributed by atoms with Crippen LogP contribution in [0.3, 0.4) is 0 Å². The maximum absolute atomic E-state index is 10.3. The molecule has 4 saturated carbocycles. The summed E-state index contributed by atoms with van der Waals surface area (Å²) in [4.78, 5) is 0. The molecule has 11 atom stereocenters. The van der Waals surface area contributed by atoms with Crippen LogP contribution in [-0.2, 0) is 0 Å². The van der Waals surface area contributed by atoms with Crippen molar-refractivity contribution in [3.63, 3.8) is 0 Å². The Morgan fingerprint density at radius 3 is 2.35 bits per heavy atom. The third kappa shape index (κ3) is 3.18. The highest BCUT2D eigenvalue weighted by molar-refractivity contribution is 5.25. The maximum Gasteiger partial charge on any atom is 0.0577 e. The third-order valence-electron chi connectivity index (χ3n) is 12.8. The number of rotatable bonds is 4. The van der Waals surface area contributed by atoms with Crippen molar-refractivity contribution >= 4 is 0 Å². The Balaban J connectivity index is 1.35. The van der Waals surface area contributed by atoms with Crippen molar-refractivity contribution in [3.05, 3.63) is 11.6 Å². The molecule has 0 aliphatic heterocycles. The molecule has 31 heavy (non-hydrogen) atoms. The van der Waals surface area contributed by atoms with E-state index >= 15 is 0 Å². The molecule has 5 aliphatic carbocycles. The van der Waals surface area contributed by atoms with Crippen LogP contribution in [0.4, 0.5) is 0 Å². The molecule has 0 saturated heterocycles. The molecule has 0 bridgehead atoms. The lowest BCUT2D eigenvalue weighted by Crippen LogP contribution is -2.51. The number of aliphatic hydroxyl groups excluding tert-OH is 1. The van der Waals surface area contributed by atoms with Crippen LogP contribution in [0, 0.1) is 63.6 Å². The van der Waals surface area contributed by atoms with Gasteiger partial charge in [0.05, 0.1) is 6.10 Å². The van der Waals surface area contributed by atoms with E-state index in [1.54, 1.807) is 5.57 Å². The average molecular weight is 427 g/mol. The average Bonchev–Trinajstić information content (AvgIpc) is 3.29. The summed E-state index contributed by atoms with van der Waals surface area (Å²) in [6.07, 6.45) is 14.4. The summed E-state index contributed by atoms with van der Waals surface area (Å²) in [7, 11) is 0. The van der Waals surface area contributed by atoms with Crippen molar-refractivity contribution in [2.45, 2.75) is 112 Å². The summed E-state index contributed by atoms with van der Waals surface area (Å²) < 4.78 is 0. The zero-order valence-corrected chi connectivity index (χ0v) is 21.6. The summed E-state index contributed by atoms with van der Waals surface area (Å²) in [6, 6.07) is 0. The summed E-state index contributed by atoms with van der Waals surface area (Å²) >= 11 is 0. The van der Waals surface area contributed by atoms with Gasteiger partial charge in [0, 0.05) is 0 Å². The van der Waals surface area contributed by atoms with Crippen molar-refractivity contribution in [3.8, 4) is 0 Å². The Labute approximate surface area is 192 Å². The van der Waals surface area contributed by atoms with E-state index in [0.29, 0.717) is 16.2 Å². The Morgan fingerprint density at radius 1 is 0.903 bits per heavy atom. The van der Waals surface area contributed by atoms with Gasteiger partial charge in [-0.1, -0.05) is 60.1 Å². The van der Waals surface area contributed by atoms with E-state index in [1.165, 1.54) is 44.9 Å². The molecule has 4 fully saturated rings. The first-order chi connectivity index (χ1) is 14.5. The van der Waals surface area contributed by atoms with Crippen molar-refractivity contribution in [1.82, 2.24) is 0 Å². The minimum atomic E-state index is -0.0810. The van der Waals surface area contributed by atoms with Gasteiger partial charge in [-0.15, -0.1) is 0 Å². The van der Waals surface area contributed by atoms with Crippen LogP contribution >= 0.6 is 0 Å². The molecule has 0 amide bonds. The second-order valence-corrected chi connectivity index (χ2v) is 14.1. The van der Waals surface area contributed by atoms with Gasteiger partial charge in [0.25, 0.3) is 0 Å². The molecule has 0 aromatic carbocycles. The van der Waals surface area contributed by atoms with E-state index in [1.807, 2.05) is 0 Å². The van der Waals surface area contributed by atoms with Gasteiger partial charge in [-0.05, 0) is 121 Å². The zero-order valence-electron chi connectivity index (χ0n) is 21.6. The van der Waals surface area contributed by atoms with E-state index in [2.05, 4.69) is 54.5 Å². The van der Waals surface area contributed by atoms with Gasteiger partial charge in [-0.3, -0.25) is 0 Å². The molecule has 0 radical (unpaired) electrons. The van der Waals surface area contributed by atoms with E-state index in [-0.39, 0.29) is 6.10 Å². The standard InChI is InChI=1S/C30H50O/c1-18(2)20(4)30(7)17-27(30)19(3)24-10-11-25-23-9-8-21-16-22(31)12-14-28(21,5)26(23)13-15-29(24,25)6/h8,18-20,22-27,31H,9-17H2,1-7H3/t19-,20?,22-,23-,24+,25-,26-,27?,28-,29+,30?/m0/s1. The number of hydrogen-bond donors (Lipinski definition) is 1. The Kier molecular flexibility index (Phi) is 5.33. The second-order valence-electron chi connectivity index (χ2n) is 14.1. The molecule has 1 N–H and O–H groups in total. The predicted molar refractivity (Wildman–Crippen MR) is 131 cm³/mol. The first kappa shape index (κ1) is 22.5. The maximum atomic E-state index is 10.3. The van der Waals surface area contributed by atoms with Crippen LogP contribution in [0.15, 0.2) is 11.6 Å². The van der Waals surface area contributed by atoms with Crippen LogP contribution in [0.2, 0.25) is 0 Å².